The summed E-state index contributed by atoms with van der Waals surface area (Å²) in [6.45, 7) is 2.38. The van der Waals surface area contributed by atoms with Gasteiger partial charge in [-0.2, -0.15) is 0 Å². The van der Waals surface area contributed by atoms with Crippen molar-refractivity contribution >= 4 is 16.7 Å². The van der Waals surface area contributed by atoms with E-state index in [1.165, 1.54) is 12.8 Å². The first-order chi connectivity index (χ1) is 14.9. The van der Waals surface area contributed by atoms with Crippen LogP contribution in [0.2, 0.25) is 0 Å². The molecule has 0 amide bonds. The van der Waals surface area contributed by atoms with Gasteiger partial charge in [0, 0.05) is 29.9 Å². The van der Waals surface area contributed by atoms with Gasteiger partial charge in [0.05, 0.1) is 12.1 Å². The smallest absolute Gasteiger partial charge is 0.163 e. The molecule has 0 bridgehead atoms. The van der Waals surface area contributed by atoms with Crippen LogP contribution in [0.3, 0.4) is 0 Å². The van der Waals surface area contributed by atoms with Gasteiger partial charge in [-0.3, -0.25) is 4.98 Å². The Hall–Kier alpha value is -3.47. The van der Waals surface area contributed by atoms with Gasteiger partial charge in [-0.15, -0.1) is 0 Å². The molecule has 4 aromatic rings. The van der Waals surface area contributed by atoms with E-state index in [2.05, 4.69) is 28.1 Å². The van der Waals surface area contributed by atoms with Crippen LogP contribution in [-0.4, -0.2) is 34.6 Å². The van der Waals surface area contributed by atoms with Crippen LogP contribution in [0.4, 0.5) is 5.82 Å². The summed E-state index contributed by atoms with van der Waals surface area (Å²) in [6, 6.07) is 22.1. The fraction of sp³-hybridized carbons (Fsp3) is 0.240. The van der Waals surface area contributed by atoms with Gasteiger partial charge in [-0.05, 0) is 55.2 Å². The number of anilines is 1. The average Bonchev–Trinajstić information content (AvgIpc) is 3.63. The molecule has 0 spiro atoms. The van der Waals surface area contributed by atoms with Crippen LogP contribution in [0, 0.1) is 5.92 Å². The number of benzene rings is 2. The Morgan fingerprint density at radius 1 is 0.900 bits per heavy atom. The summed E-state index contributed by atoms with van der Waals surface area (Å²) < 4.78 is 5.99. The standard InChI is InChI=1S/C25H24N4O/c1-2-8-21(9-3-1)30-16-15-29(18-19-12-13-19)25-22-10-4-5-11-23(22)27-24(28-25)20-7-6-14-26-17-20/h1-11,14,17,19H,12-13,15-16,18H2. The fourth-order valence-corrected chi connectivity index (χ4v) is 3.61. The molecule has 2 aromatic heterocycles. The SMILES string of the molecule is c1ccc(OCCN(CC2CC2)c2nc(-c3cccnc3)nc3ccccc23)cc1. The van der Waals surface area contributed by atoms with Crippen LogP contribution in [0.1, 0.15) is 12.8 Å². The highest BCUT2D eigenvalue weighted by molar-refractivity contribution is 5.91. The second kappa shape index (κ2) is 8.49. The Balaban J connectivity index is 1.48. The van der Waals surface area contributed by atoms with Crippen molar-refractivity contribution in [1.82, 2.24) is 15.0 Å². The van der Waals surface area contributed by atoms with E-state index in [0.717, 1.165) is 47.0 Å². The lowest BCUT2D eigenvalue weighted by Gasteiger charge is -2.25. The molecule has 30 heavy (non-hydrogen) atoms. The number of hydrogen-bond donors (Lipinski definition) is 0. The van der Waals surface area contributed by atoms with E-state index in [0.29, 0.717) is 12.4 Å². The Kier molecular flexibility index (Phi) is 5.25. The highest BCUT2D eigenvalue weighted by atomic mass is 16.5. The third-order valence-corrected chi connectivity index (χ3v) is 5.35. The van der Waals surface area contributed by atoms with Crippen molar-refractivity contribution in [3.63, 3.8) is 0 Å². The molecular formula is C25H24N4O. The maximum Gasteiger partial charge on any atom is 0.163 e. The Morgan fingerprint density at radius 2 is 1.73 bits per heavy atom. The molecule has 0 saturated heterocycles. The number of aromatic nitrogens is 3. The second-order valence-corrected chi connectivity index (χ2v) is 7.68. The highest BCUT2D eigenvalue weighted by Gasteiger charge is 2.26. The minimum absolute atomic E-state index is 0.608. The van der Waals surface area contributed by atoms with Gasteiger partial charge in [0.1, 0.15) is 18.2 Å². The fourth-order valence-electron chi connectivity index (χ4n) is 3.61. The first-order valence-corrected chi connectivity index (χ1v) is 10.5. The molecule has 0 atom stereocenters. The van der Waals surface area contributed by atoms with Crippen LogP contribution in [-0.2, 0) is 0 Å². The third-order valence-electron chi connectivity index (χ3n) is 5.35. The molecule has 0 radical (unpaired) electrons. The summed E-state index contributed by atoms with van der Waals surface area (Å²) in [5.74, 6) is 3.31. The molecule has 150 valence electrons. The molecule has 1 fully saturated rings. The molecule has 5 rings (SSSR count). The summed E-state index contributed by atoms with van der Waals surface area (Å²) in [6.07, 6.45) is 6.16. The van der Waals surface area contributed by atoms with Crippen molar-refractivity contribution in [2.75, 3.05) is 24.6 Å². The quantitative estimate of drug-likeness (QED) is 0.420. The molecule has 0 N–H and O–H groups in total. The van der Waals surface area contributed by atoms with Gasteiger partial charge in [-0.1, -0.05) is 30.3 Å². The molecule has 0 unspecified atom stereocenters. The van der Waals surface area contributed by atoms with E-state index in [4.69, 9.17) is 14.7 Å². The van der Waals surface area contributed by atoms with E-state index in [1.807, 2.05) is 54.7 Å². The lowest BCUT2D eigenvalue weighted by atomic mass is 10.2. The normalized spacial score (nSPS) is 13.3. The molecule has 0 aliphatic heterocycles. The number of para-hydroxylation sites is 2. The van der Waals surface area contributed by atoms with Crippen molar-refractivity contribution in [2.45, 2.75) is 12.8 Å². The summed E-state index contributed by atoms with van der Waals surface area (Å²) >= 11 is 0. The van der Waals surface area contributed by atoms with Gasteiger partial charge in [0.15, 0.2) is 5.82 Å². The minimum atomic E-state index is 0.608. The summed E-state index contributed by atoms with van der Waals surface area (Å²) in [4.78, 5) is 16.4. The Morgan fingerprint density at radius 3 is 2.53 bits per heavy atom. The zero-order chi connectivity index (χ0) is 20.2. The molecule has 5 heteroatoms. The molecular weight excluding hydrogens is 372 g/mol. The average molecular weight is 396 g/mol. The molecule has 5 nitrogen and oxygen atoms in total. The lowest BCUT2D eigenvalue weighted by Crippen LogP contribution is -2.31. The Bertz CT molecular complexity index is 1110. The largest absolute Gasteiger partial charge is 0.492 e. The van der Waals surface area contributed by atoms with Crippen LogP contribution < -0.4 is 9.64 Å². The molecule has 2 heterocycles. The third kappa shape index (κ3) is 4.25. The van der Waals surface area contributed by atoms with E-state index in [9.17, 15) is 0 Å². The first-order valence-electron chi connectivity index (χ1n) is 10.5. The molecule has 1 aliphatic carbocycles. The van der Waals surface area contributed by atoms with Crippen molar-refractivity contribution in [2.24, 2.45) is 5.92 Å². The first kappa shape index (κ1) is 18.6. The molecule has 1 saturated carbocycles. The number of nitrogens with zero attached hydrogens (tertiary/aromatic N) is 4. The van der Waals surface area contributed by atoms with E-state index in [1.54, 1.807) is 6.20 Å². The van der Waals surface area contributed by atoms with Crippen LogP contribution in [0.25, 0.3) is 22.3 Å². The van der Waals surface area contributed by atoms with Gasteiger partial charge in [0.2, 0.25) is 0 Å². The minimum Gasteiger partial charge on any atom is -0.492 e. The van der Waals surface area contributed by atoms with Crippen LogP contribution >= 0.6 is 0 Å². The monoisotopic (exact) mass is 396 g/mol. The van der Waals surface area contributed by atoms with Crippen molar-refractivity contribution in [1.29, 1.82) is 0 Å². The summed E-state index contributed by atoms with van der Waals surface area (Å²) in [7, 11) is 0. The number of pyridine rings is 1. The Labute approximate surface area is 176 Å². The van der Waals surface area contributed by atoms with Gasteiger partial charge < -0.3 is 9.64 Å². The van der Waals surface area contributed by atoms with E-state index in [-0.39, 0.29) is 0 Å². The van der Waals surface area contributed by atoms with Gasteiger partial charge in [0.25, 0.3) is 0 Å². The van der Waals surface area contributed by atoms with Crippen molar-refractivity contribution in [3.8, 4) is 17.1 Å². The van der Waals surface area contributed by atoms with E-state index < -0.39 is 0 Å². The number of rotatable bonds is 8. The summed E-state index contributed by atoms with van der Waals surface area (Å²) in [5, 5.41) is 1.07. The number of ether oxygens (including phenoxy) is 1. The second-order valence-electron chi connectivity index (χ2n) is 7.68. The predicted molar refractivity (Wildman–Crippen MR) is 120 cm³/mol. The maximum atomic E-state index is 5.99. The molecule has 1 aliphatic rings. The number of hydrogen-bond acceptors (Lipinski definition) is 5. The number of fused-ring (bicyclic) bond motifs is 1. The van der Waals surface area contributed by atoms with Gasteiger partial charge in [-0.25, -0.2) is 9.97 Å². The van der Waals surface area contributed by atoms with Crippen molar-refractivity contribution < 1.29 is 4.74 Å². The van der Waals surface area contributed by atoms with Crippen molar-refractivity contribution in [3.05, 3.63) is 79.1 Å². The highest BCUT2D eigenvalue weighted by Crippen LogP contribution is 2.33. The maximum absolute atomic E-state index is 5.99. The molecule has 2 aromatic carbocycles. The zero-order valence-corrected chi connectivity index (χ0v) is 16.8. The van der Waals surface area contributed by atoms with Crippen LogP contribution in [0.15, 0.2) is 79.1 Å². The lowest BCUT2D eigenvalue weighted by molar-refractivity contribution is 0.323. The van der Waals surface area contributed by atoms with E-state index >= 15 is 0 Å². The van der Waals surface area contributed by atoms with Crippen LogP contribution in [0.5, 0.6) is 5.75 Å². The van der Waals surface area contributed by atoms with Gasteiger partial charge >= 0.3 is 0 Å². The zero-order valence-electron chi connectivity index (χ0n) is 16.8. The predicted octanol–water partition coefficient (Wildman–Crippen LogP) is 4.99. The summed E-state index contributed by atoms with van der Waals surface area (Å²) in [5.41, 5.74) is 1.88. The topological polar surface area (TPSA) is 51.1 Å².